The molecule has 3 aromatic rings. The Bertz CT molecular complexity index is 993. The van der Waals surface area contributed by atoms with E-state index in [4.69, 9.17) is 4.74 Å². The number of amides is 1. The van der Waals surface area contributed by atoms with Gasteiger partial charge in [0.05, 0.1) is 18.0 Å². The molecule has 140 valence electrons. The number of imidazole rings is 1. The minimum absolute atomic E-state index is 0.156. The maximum Gasteiger partial charge on any atom is 0.274 e. The molecule has 0 aromatic carbocycles. The average molecular weight is 365 g/mol. The fraction of sp³-hybridized carbons (Fsp3) is 0.400. The molecular weight excluding hydrogens is 342 g/mol. The molecule has 1 aliphatic rings. The normalized spacial score (nSPS) is 14.9. The summed E-state index contributed by atoms with van der Waals surface area (Å²) in [6, 6.07) is 7.67. The van der Waals surface area contributed by atoms with Crippen molar-refractivity contribution in [2.75, 3.05) is 6.61 Å². The summed E-state index contributed by atoms with van der Waals surface area (Å²) in [5, 5.41) is 3.05. The molecule has 1 aliphatic carbocycles. The van der Waals surface area contributed by atoms with Crippen molar-refractivity contribution < 1.29 is 9.53 Å². The maximum absolute atomic E-state index is 12.7. The first-order valence-corrected chi connectivity index (χ1v) is 9.32. The zero-order valence-corrected chi connectivity index (χ0v) is 15.8. The Labute approximate surface area is 157 Å². The molecule has 4 rings (SSSR count). The number of aromatic nitrogens is 4. The predicted octanol–water partition coefficient (Wildman–Crippen LogP) is 3.03. The van der Waals surface area contributed by atoms with Crippen LogP contribution in [-0.2, 0) is 0 Å². The quantitative estimate of drug-likeness (QED) is 0.726. The van der Waals surface area contributed by atoms with Crippen LogP contribution in [0, 0.1) is 12.8 Å². The van der Waals surface area contributed by atoms with Crippen molar-refractivity contribution in [2.24, 2.45) is 5.92 Å². The van der Waals surface area contributed by atoms with Crippen molar-refractivity contribution in [3.05, 3.63) is 42.0 Å². The van der Waals surface area contributed by atoms with Gasteiger partial charge in [-0.2, -0.15) is 0 Å². The monoisotopic (exact) mass is 365 g/mol. The Balaban J connectivity index is 1.71. The first kappa shape index (κ1) is 17.5. The van der Waals surface area contributed by atoms with E-state index in [1.807, 2.05) is 49.4 Å². The molecule has 0 bridgehead atoms. The van der Waals surface area contributed by atoms with E-state index in [0.717, 1.165) is 5.69 Å². The Hall–Kier alpha value is -2.96. The van der Waals surface area contributed by atoms with Gasteiger partial charge in [-0.25, -0.2) is 15.0 Å². The Morgan fingerprint density at radius 2 is 2.15 bits per heavy atom. The summed E-state index contributed by atoms with van der Waals surface area (Å²) < 4.78 is 7.31. The summed E-state index contributed by atoms with van der Waals surface area (Å²) in [5.74, 6) is 0.953. The fourth-order valence-electron chi connectivity index (χ4n) is 3.19. The van der Waals surface area contributed by atoms with Crippen LogP contribution in [0.3, 0.4) is 0 Å². The number of carbonyl (C=O) groups excluding carboxylic acids is 1. The molecule has 1 saturated carbocycles. The van der Waals surface area contributed by atoms with Crippen LogP contribution >= 0.6 is 0 Å². The number of fused-ring (bicyclic) bond motifs is 1. The standard InChI is InChI=1S/C20H23N5O2/c1-4-27-17-7-5-6-15(23-17)16-10-12(2)25-11-21-18(19(25)24-16)20(26)22-13(3)14-8-9-14/h5-7,10-11,13-14H,4,8-9H2,1-3H3,(H,22,26). The summed E-state index contributed by atoms with van der Waals surface area (Å²) in [5.41, 5.74) is 3.19. The molecule has 3 heterocycles. The van der Waals surface area contributed by atoms with Crippen molar-refractivity contribution in [1.29, 1.82) is 0 Å². The lowest BCUT2D eigenvalue weighted by Crippen LogP contribution is -2.34. The predicted molar refractivity (Wildman–Crippen MR) is 102 cm³/mol. The lowest BCUT2D eigenvalue weighted by atomic mass is 10.2. The van der Waals surface area contributed by atoms with Gasteiger partial charge in [0, 0.05) is 17.8 Å². The molecule has 27 heavy (non-hydrogen) atoms. The lowest BCUT2D eigenvalue weighted by Gasteiger charge is -2.12. The highest BCUT2D eigenvalue weighted by molar-refractivity contribution is 5.98. The molecule has 0 spiro atoms. The van der Waals surface area contributed by atoms with Crippen LogP contribution in [0.25, 0.3) is 17.0 Å². The van der Waals surface area contributed by atoms with Gasteiger partial charge in [0.15, 0.2) is 11.3 Å². The van der Waals surface area contributed by atoms with Gasteiger partial charge in [0.25, 0.3) is 5.91 Å². The van der Waals surface area contributed by atoms with Gasteiger partial charge < -0.3 is 10.1 Å². The second-order valence-corrected chi connectivity index (χ2v) is 6.96. The third kappa shape index (κ3) is 3.49. The van der Waals surface area contributed by atoms with Crippen LogP contribution in [0.1, 0.15) is 42.9 Å². The molecule has 7 nitrogen and oxygen atoms in total. The number of hydrogen-bond acceptors (Lipinski definition) is 5. The summed E-state index contributed by atoms with van der Waals surface area (Å²) in [6.45, 7) is 6.47. The van der Waals surface area contributed by atoms with E-state index < -0.39 is 0 Å². The largest absolute Gasteiger partial charge is 0.478 e. The van der Waals surface area contributed by atoms with Gasteiger partial charge in [-0.15, -0.1) is 0 Å². The van der Waals surface area contributed by atoms with Gasteiger partial charge in [-0.3, -0.25) is 9.20 Å². The zero-order chi connectivity index (χ0) is 19.0. The summed E-state index contributed by atoms with van der Waals surface area (Å²) in [7, 11) is 0. The number of ether oxygens (including phenoxy) is 1. The van der Waals surface area contributed by atoms with Crippen LogP contribution < -0.4 is 10.1 Å². The van der Waals surface area contributed by atoms with Crippen molar-refractivity contribution in [2.45, 2.75) is 39.7 Å². The number of carbonyl (C=O) groups is 1. The highest BCUT2D eigenvalue weighted by atomic mass is 16.5. The van der Waals surface area contributed by atoms with Gasteiger partial charge >= 0.3 is 0 Å². The number of hydrogen-bond donors (Lipinski definition) is 1. The first-order valence-electron chi connectivity index (χ1n) is 9.32. The number of aryl methyl sites for hydroxylation is 1. The van der Waals surface area contributed by atoms with Gasteiger partial charge in [0.1, 0.15) is 6.33 Å². The van der Waals surface area contributed by atoms with Gasteiger partial charge in [-0.05, 0) is 51.7 Å². The van der Waals surface area contributed by atoms with Gasteiger partial charge in [-0.1, -0.05) is 6.07 Å². The topological polar surface area (TPSA) is 81.4 Å². The molecule has 1 atom stereocenters. The second-order valence-electron chi connectivity index (χ2n) is 6.96. The third-order valence-electron chi connectivity index (χ3n) is 4.88. The zero-order valence-electron chi connectivity index (χ0n) is 15.8. The summed E-state index contributed by atoms with van der Waals surface area (Å²) in [4.78, 5) is 26.2. The number of pyridine rings is 1. The molecule has 0 aliphatic heterocycles. The van der Waals surface area contributed by atoms with Crippen LogP contribution in [0.5, 0.6) is 5.88 Å². The fourth-order valence-corrected chi connectivity index (χ4v) is 3.19. The van der Waals surface area contributed by atoms with Crippen molar-refractivity contribution in [1.82, 2.24) is 24.7 Å². The number of nitrogens with zero attached hydrogens (tertiary/aromatic N) is 4. The third-order valence-corrected chi connectivity index (χ3v) is 4.88. The average Bonchev–Trinajstić information content (AvgIpc) is 3.41. The molecular formula is C20H23N5O2. The first-order chi connectivity index (χ1) is 13.1. The molecule has 7 heteroatoms. The van der Waals surface area contributed by atoms with Crippen molar-refractivity contribution in [3.63, 3.8) is 0 Å². The van der Waals surface area contributed by atoms with Crippen LogP contribution in [0.2, 0.25) is 0 Å². The molecule has 1 unspecified atom stereocenters. The lowest BCUT2D eigenvalue weighted by molar-refractivity contribution is 0.0933. The van der Waals surface area contributed by atoms with E-state index in [1.165, 1.54) is 12.8 Å². The number of nitrogens with one attached hydrogen (secondary N) is 1. The summed E-state index contributed by atoms with van der Waals surface area (Å²) >= 11 is 0. The second kappa shape index (κ2) is 6.98. The molecule has 1 N–H and O–H groups in total. The SMILES string of the molecule is CCOc1cccc(-c2cc(C)n3cnc(C(=O)NC(C)C4CC4)c3n2)n1. The van der Waals surface area contributed by atoms with E-state index in [1.54, 1.807) is 6.33 Å². The molecule has 1 amide bonds. The van der Waals surface area contributed by atoms with Crippen molar-refractivity contribution in [3.8, 4) is 17.3 Å². The smallest absolute Gasteiger partial charge is 0.274 e. The molecule has 0 radical (unpaired) electrons. The highest BCUT2D eigenvalue weighted by Crippen LogP contribution is 2.32. The highest BCUT2D eigenvalue weighted by Gasteiger charge is 2.30. The van der Waals surface area contributed by atoms with Crippen LogP contribution in [0.4, 0.5) is 0 Å². The van der Waals surface area contributed by atoms with E-state index in [-0.39, 0.29) is 11.9 Å². The molecule has 1 fully saturated rings. The van der Waals surface area contributed by atoms with E-state index in [0.29, 0.717) is 41.1 Å². The Morgan fingerprint density at radius 3 is 2.89 bits per heavy atom. The minimum atomic E-state index is -0.183. The van der Waals surface area contributed by atoms with Crippen LogP contribution in [0.15, 0.2) is 30.6 Å². The minimum Gasteiger partial charge on any atom is -0.478 e. The van der Waals surface area contributed by atoms with Gasteiger partial charge in [0.2, 0.25) is 5.88 Å². The van der Waals surface area contributed by atoms with E-state index in [9.17, 15) is 4.79 Å². The Morgan fingerprint density at radius 1 is 1.33 bits per heavy atom. The molecule has 0 saturated heterocycles. The van der Waals surface area contributed by atoms with E-state index in [2.05, 4.69) is 20.3 Å². The molecule has 3 aromatic heterocycles. The van der Waals surface area contributed by atoms with Crippen molar-refractivity contribution >= 4 is 11.6 Å². The Kier molecular flexibility index (Phi) is 4.51. The summed E-state index contributed by atoms with van der Waals surface area (Å²) in [6.07, 6.45) is 3.99. The number of rotatable bonds is 6. The van der Waals surface area contributed by atoms with E-state index >= 15 is 0 Å². The van der Waals surface area contributed by atoms with Crippen LogP contribution in [-0.4, -0.2) is 37.9 Å². The maximum atomic E-state index is 12.7.